The van der Waals surface area contributed by atoms with Gasteiger partial charge in [-0.15, -0.1) is 0 Å². The Morgan fingerprint density at radius 2 is 0.974 bits per heavy atom. The summed E-state index contributed by atoms with van der Waals surface area (Å²) in [6.07, 6.45) is 0. The van der Waals surface area contributed by atoms with E-state index in [9.17, 15) is 10.2 Å². The van der Waals surface area contributed by atoms with Crippen LogP contribution in [0.3, 0.4) is 0 Å². The quantitative estimate of drug-likeness (QED) is 0.226. The molecule has 3 nitrogen and oxygen atoms in total. The lowest BCUT2D eigenvalue weighted by atomic mass is 9.76. The fraction of sp³-hybridized carbons (Fsp3) is 0.0286. The molecule has 0 radical (unpaired) electrons. The van der Waals surface area contributed by atoms with E-state index >= 15 is 0 Å². The fourth-order valence-corrected chi connectivity index (χ4v) is 6.29. The van der Waals surface area contributed by atoms with Crippen molar-refractivity contribution >= 4 is 43.1 Å². The Hall–Kier alpha value is -5.02. The molecule has 180 valence electrons. The number of phenolic OH excluding ortho intramolecular Hbond substituents is 2. The van der Waals surface area contributed by atoms with Gasteiger partial charge in [0.1, 0.15) is 23.0 Å². The molecule has 0 saturated carbocycles. The Labute approximate surface area is 218 Å². The lowest BCUT2D eigenvalue weighted by molar-refractivity contribution is 0.456. The zero-order valence-corrected chi connectivity index (χ0v) is 20.3. The van der Waals surface area contributed by atoms with Gasteiger partial charge in [0.2, 0.25) is 0 Å². The predicted octanol–water partition coefficient (Wildman–Crippen LogP) is 9.00. The number of ether oxygens (including phenoxy) is 1. The first kappa shape index (κ1) is 21.1. The van der Waals surface area contributed by atoms with Crippen LogP contribution in [0.15, 0.2) is 115 Å². The summed E-state index contributed by atoms with van der Waals surface area (Å²) >= 11 is 0. The molecule has 0 aromatic heterocycles. The molecule has 0 saturated heterocycles. The van der Waals surface area contributed by atoms with Crippen LogP contribution in [0.2, 0.25) is 0 Å². The fourth-order valence-electron chi connectivity index (χ4n) is 6.29. The number of hydrogen-bond acceptors (Lipinski definition) is 3. The number of aromatic hydroxyl groups is 2. The smallest absolute Gasteiger partial charge is 0.132 e. The summed E-state index contributed by atoms with van der Waals surface area (Å²) < 4.78 is 6.56. The second kappa shape index (κ2) is 7.74. The molecule has 1 aliphatic rings. The molecule has 0 spiro atoms. The Kier molecular flexibility index (Phi) is 4.30. The van der Waals surface area contributed by atoms with Crippen LogP contribution in [0, 0.1) is 0 Å². The monoisotopic (exact) mass is 490 g/mol. The lowest BCUT2D eigenvalue weighted by Gasteiger charge is -2.32. The van der Waals surface area contributed by atoms with Gasteiger partial charge in [-0.3, -0.25) is 0 Å². The van der Waals surface area contributed by atoms with E-state index < -0.39 is 0 Å². The molecule has 8 rings (SSSR count). The molecule has 0 bridgehead atoms. The van der Waals surface area contributed by atoms with E-state index in [1.54, 1.807) is 12.1 Å². The van der Waals surface area contributed by atoms with Crippen LogP contribution in [-0.4, -0.2) is 10.2 Å². The van der Waals surface area contributed by atoms with Crippen LogP contribution in [0.25, 0.3) is 43.1 Å². The van der Waals surface area contributed by atoms with E-state index in [0.29, 0.717) is 0 Å². The topological polar surface area (TPSA) is 49.7 Å². The molecule has 1 aliphatic heterocycles. The van der Waals surface area contributed by atoms with Gasteiger partial charge < -0.3 is 14.9 Å². The van der Waals surface area contributed by atoms with Crippen molar-refractivity contribution in [2.75, 3.05) is 0 Å². The minimum absolute atomic E-state index is 0.195. The van der Waals surface area contributed by atoms with Crippen LogP contribution >= 0.6 is 0 Å². The van der Waals surface area contributed by atoms with Gasteiger partial charge in [0, 0.05) is 17.0 Å². The van der Waals surface area contributed by atoms with Crippen LogP contribution in [-0.2, 0) is 0 Å². The third-order valence-corrected chi connectivity index (χ3v) is 7.92. The molecular formula is C35H22O3. The summed E-state index contributed by atoms with van der Waals surface area (Å²) in [5, 5.41) is 29.8. The standard InChI is InChI=1S/C35H22O3/c36-23-13-9-20-11-15-31-33(28(20)18-23)35(34-29-19-24(37)14-10-21(29)12-16-32(34)38-31)30-17-22-5-1-2-6-25(22)26-7-3-4-8-27(26)30/h1-19,35-37H. The van der Waals surface area contributed by atoms with Crippen molar-refractivity contribution in [1.82, 2.24) is 0 Å². The highest BCUT2D eigenvalue weighted by atomic mass is 16.5. The summed E-state index contributed by atoms with van der Waals surface area (Å²) in [6.45, 7) is 0. The third-order valence-electron chi connectivity index (χ3n) is 7.92. The lowest BCUT2D eigenvalue weighted by Crippen LogP contribution is -2.13. The van der Waals surface area contributed by atoms with E-state index in [1.807, 2.05) is 48.5 Å². The summed E-state index contributed by atoms with van der Waals surface area (Å²) in [7, 11) is 0. The van der Waals surface area contributed by atoms with E-state index in [1.165, 1.54) is 21.5 Å². The number of hydrogen-bond donors (Lipinski definition) is 2. The average molecular weight is 491 g/mol. The summed E-state index contributed by atoms with van der Waals surface area (Å²) in [5.41, 5.74) is 3.20. The average Bonchev–Trinajstić information content (AvgIpc) is 2.95. The zero-order valence-electron chi connectivity index (χ0n) is 20.3. The third kappa shape index (κ3) is 2.96. The first-order valence-corrected chi connectivity index (χ1v) is 12.8. The zero-order chi connectivity index (χ0) is 25.4. The molecule has 1 heterocycles. The molecule has 0 fully saturated rings. The van der Waals surface area contributed by atoms with Crippen LogP contribution in [0.5, 0.6) is 23.0 Å². The number of benzene rings is 7. The number of phenols is 2. The Balaban J connectivity index is 1.59. The van der Waals surface area contributed by atoms with Gasteiger partial charge in [0.15, 0.2) is 0 Å². The van der Waals surface area contributed by atoms with Crippen molar-refractivity contribution in [1.29, 1.82) is 0 Å². The van der Waals surface area contributed by atoms with Crippen molar-refractivity contribution in [3.8, 4) is 23.0 Å². The van der Waals surface area contributed by atoms with E-state index in [0.717, 1.165) is 49.7 Å². The highest BCUT2D eigenvalue weighted by Gasteiger charge is 2.33. The second-order valence-corrected chi connectivity index (χ2v) is 10.0. The van der Waals surface area contributed by atoms with Crippen molar-refractivity contribution in [3.63, 3.8) is 0 Å². The van der Waals surface area contributed by atoms with Crippen LogP contribution in [0.4, 0.5) is 0 Å². The molecule has 3 heteroatoms. The van der Waals surface area contributed by atoms with Crippen molar-refractivity contribution in [2.24, 2.45) is 0 Å². The van der Waals surface area contributed by atoms with Gasteiger partial charge in [0.05, 0.1) is 0 Å². The molecule has 7 aromatic carbocycles. The van der Waals surface area contributed by atoms with Crippen LogP contribution < -0.4 is 4.74 Å². The molecule has 0 unspecified atom stereocenters. The maximum Gasteiger partial charge on any atom is 0.132 e. The summed E-state index contributed by atoms with van der Waals surface area (Å²) in [4.78, 5) is 0. The number of fused-ring (bicyclic) bond motifs is 9. The van der Waals surface area contributed by atoms with Crippen molar-refractivity contribution in [2.45, 2.75) is 5.92 Å². The highest BCUT2D eigenvalue weighted by molar-refractivity contribution is 6.10. The minimum Gasteiger partial charge on any atom is -0.508 e. The Morgan fingerprint density at radius 3 is 1.61 bits per heavy atom. The predicted molar refractivity (Wildman–Crippen MR) is 154 cm³/mol. The molecule has 0 amide bonds. The Morgan fingerprint density at radius 1 is 0.447 bits per heavy atom. The maximum atomic E-state index is 10.5. The van der Waals surface area contributed by atoms with Gasteiger partial charge in [-0.05, 0) is 91.1 Å². The number of rotatable bonds is 1. The molecule has 2 N–H and O–H groups in total. The van der Waals surface area contributed by atoms with Gasteiger partial charge in [0.25, 0.3) is 0 Å². The molecule has 0 aliphatic carbocycles. The van der Waals surface area contributed by atoms with E-state index in [2.05, 4.69) is 54.6 Å². The van der Waals surface area contributed by atoms with Crippen molar-refractivity contribution in [3.05, 3.63) is 132 Å². The Bertz CT molecular complexity index is 2000. The van der Waals surface area contributed by atoms with Crippen LogP contribution in [0.1, 0.15) is 22.6 Å². The first-order valence-electron chi connectivity index (χ1n) is 12.8. The summed E-state index contributed by atoms with van der Waals surface area (Å²) in [5.74, 6) is 1.79. The first-order chi connectivity index (χ1) is 18.7. The maximum absolute atomic E-state index is 10.5. The van der Waals surface area contributed by atoms with E-state index in [-0.39, 0.29) is 17.4 Å². The normalized spacial score (nSPS) is 13.1. The minimum atomic E-state index is -0.195. The SMILES string of the molecule is Oc1ccc2ccc3c(c2c1)C(c1cc2ccccc2c2ccccc12)c1c(ccc2ccc(O)cc12)O3. The largest absolute Gasteiger partial charge is 0.508 e. The molecule has 7 aromatic rings. The van der Waals surface area contributed by atoms with Crippen molar-refractivity contribution < 1.29 is 14.9 Å². The van der Waals surface area contributed by atoms with Gasteiger partial charge in [-0.2, -0.15) is 0 Å². The highest BCUT2D eigenvalue weighted by Crippen LogP contribution is 2.54. The second-order valence-electron chi connectivity index (χ2n) is 10.0. The van der Waals surface area contributed by atoms with Gasteiger partial charge in [-0.1, -0.05) is 72.8 Å². The van der Waals surface area contributed by atoms with Gasteiger partial charge in [-0.25, -0.2) is 0 Å². The molecule has 38 heavy (non-hydrogen) atoms. The van der Waals surface area contributed by atoms with E-state index in [4.69, 9.17) is 4.74 Å². The molecular weight excluding hydrogens is 468 g/mol. The molecule has 0 atom stereocenters. The van der Waals surface area contributed by atoms with Gasteiger partial charge >= 0.3 is 0 Å². The summed E-state index contributed by atoms with van der Waals surface area (Å²) in [6, 6.07) is 38.5.